The zero-order chi connectivity index (χ0) is 21.4. The lowest BCUT2D eigenvalue weighted by Crippen LogP contribution is -2.44. The van der Waals surface area contributed by atoms with Crippen LogP contribution in [0.3, 0.4) is 0 Å². The number of aliphatic imine (C=N–C) groups is 1. The second kappa shape index (κ2) is 10.8. The van der Waals surface area contributed by atoms with E-state index >= 15 is 0 Å². The van der Waals surface area contributed by atoms with E-state index in [1.807, 2.05) is 12.1 Å². The van der Waals surface area contributed by atoms with E-state index in [-0.39, 0.29) is 6.04 Å². The van der Waals surface area contributed by atoms with Crippen LogP contribution in [-0.2, 0) is 10.0 Å². The van der Waals surface area contributed by atoms with Crippen LogP contribution >= 0.6 is 0 Å². The SMILES string of the molecule is CN=C(NCC1CCN(S(C)(=O)=O)CC1)NC(C)c1ccc(OCC(C)C)cc1. The number of ether oxygens (including phenoxy) is 1. The Morgan fingerprint density at radius 1 is 1.21 bits per heavy atom. The van der Waals surface area contributed by atoms with Gasteiger partial charge < -0.3 is 15.4 Å². The zero-order valence-electron chi connectivity index (χ0n) is 18.3. The summed E-state index contributed by atoms with van der Waals surface area (Å²) in [4.78, 5) is 4.32. The molecule has 1 aliphatic heterocycles. The third-order valence-corrected chi connectivity index (χ3v) is 6.44. The molecule has 7 nitrogen and oxygen atoms in total. The minimum absolute atomic E-state index is 0.104. The van der Waals surface area contributed by atoms with Crippen molar-refractivity contribution in [1.82, 2.24) is 14.9 Å². The van der Waals surface area contributed by atoms with Crippen molar-refractivity contribution < 1.29 is 13.2 Å². The standard InChI is InChI=1S/C21H36N4O3S/c1-16(2)15-28-20-8-6-19(7-9-20)17(3)24-21(22-4)23-14-18-10-12-25(13-11-18)29(5,26)27/h6-9,16-18H,10-15H2,1-5H3,(H2,22,23,24). The quantitative estimate of drug-likeness (QED) is 0.495. The van der Waals surface area contributed by atoms with Gasteiger partial charge in [-0.1, -0.05) is 26.0 Å². The fourth-order valence-corrected chi connectivity index (χ4v) is 4.16. The summed E-state index contributed by atoms with van der Waals surface area (Å²) in [5.41, 5.74) is 1.16. The van der Waals surface area contributed by atoms with Gasteiger partial charge in [-0.15, -0.1) is 0 Å². The Kier molecular flexibility index (Phi) is 8.77. The van der Waals surface area contributed by atoms with Crippen LogP contribution < -0.4 is 15.4 Å². The van der Waals surface area contributed by atoms with Crippen LogP contribution in [-0.4, -0.2) is 58.2 Å². The Morgan fingerprint density at radius 2 is 1.83 bits per heavy atom. The van der Waals surface area contributed by atoms with Crippen LogP contribution in [0.4, 0.5) is 0 Å². The molecular weight excluding hydrogens is 388 g/mol. The minimum atomic E-state index is -3.08. The van der Waals surface area contributed by atoms with Crippen molar-refractivity contribution in [3.63, 3.8) is 0 Å². The monoisotopic (exact) mass is 424 g/mol. The molecule has 0 saturated carbocycles. The highest BCUT2D eigenvalue weighted by Gasteiger charge is 2.24. The molecule has 2 N–H and O–H groups in total. The number of sulfonamides is 1. The number of nitrogens with one attached hydrogen (secondary N) is 2. The molecule has 1 unspecified atom stereocenters. The van der Waals surface area contributed by atoms with E-state index in [0.717, 1.165) is 36.7 Å². The number of nitrogens with zero attached hydrogens (tertiary/aromatic N) is 2. The van der Waals surface area contributed by atoms with Gasteiger partial charge in [0.05, 0.1) is 18.9 Å². The number of guanidine groups is 1. The van der Waals surface area contributed by atoms with Crippen molar-refractivity contribution >= 4 is 16.0 Å². The van der Waals surface area contributed by atoms with Gasteiger partial charge in [0.2, 0.25) is 10.0 Å². The van der Waals surface area contributed by atoms with Gasteiger partial charge in [0.1, 0.15) is 5.75 Å². The number of benzene rings is 1. The second-order valence-corrected chi connectivity index (χ2v) is 10.2. The van der Waals surface area contributed by atoms with Gasteiger partial charge in [-0.05, 0) is 49.3 Å². The first kappa shape index (κ1) is 23.5. The fraction of sp³-hybridized carbons (Fsp3) is 0.667. The lowest BCUT2D eigenvalue weighted by atomic mass is 9.98. The molecule has 1 atom stereocenters. The van der Waals surface area contributed by atoms with Crippen LogP contribution in [0.1, 0.15) is 45.2 Å². The van der Waals surface area contributed by atoms with Crippen molar-refractivity contribution in [3.8, 4) is 5.75 Å². The van der Waals surface area contributed by atoms with Gasteiger partial charge in [-0.3, -0.25) is 4.99 Å². The topological polar surface area (TPSA) is 83.0 Å². The summed E-state index contributed by atoms with van der Waals surface area (Å²) in [5.74, 6) is 2.59. The lowest BCUT2D eigenvalue weighted by Gasteiger charge is -2.30. The first-order chi connectivity index (χ1) is 13.7. The van der Waals surface area contributed by atoms with E-state index < -0.39 is 10.0 Å². The fourth-order valence-electron chi connectivity index (χ4n) is 3.28. The second-order valence-electron chi connectivity index (χ2n) is 8.20. The minimum Gasteiger partial charge on any atom is -0.493 e. The van der Waals surface area contributed by atoms with Crippen molar-refractivity contribution in [1.29, 1.82) is 0 Å². The van der Waals surface area contributed by atoms with Crippen LogP contribution in [0.15, 0.2) is 29.3 Å². The van der Waals surface area contributed by atoms with Gasteiger partial charge in [0.25, 0.3) is 0 Å². The van der Waals surface area contributed by atoms with Crippen molar-refractivity contribution in [2.45, 2.75) is 39.7 Å². The Bertz CT molecular complexity index is 755. The third-order valence-electron chi connectivity index (χ3n) is 5.14. The highest BCUT2D eigenvalue weighted by molar-refractivity contribution is 7.88. The first-order valence-corrected chi connectivity index (χ1v) is 12.2. The van der Waals surface area contributed by atoms with Crippen molar-refractivity contribution in [2.75, 3.05) is 39.5 Å². The van der Waals surface area contributed by atoms with E-state index in [1.165, 1.54) is 6.26 Å². The Balaban J connectivity index is 1.79. The van der Waals surface area contributed by atoms with Crippen LogP contribution in [0.25, 0.3) is 0 Å². The molecule has 0 amide bonds. The van der Waals surface area contributed by atoms with Crippen molar-refractivity contribution in [2.24, 2.45) is 16.8 Å². The molecule has 0 aromatic heterocycles. The highest BCUT2D eigenvalue weighted by Crippen LogP contribution is 2.19. The summed E-state index contributed by atoms with van der Waals surface area (Å²) in [5, 5.41) is 6.80. The Morgan fingerprint density at radius 3 is 2.34 bits per heavy atom. The van der Waals surface area contributed by atoms with E-state index in [4.69, 9.17) is 4.74 Å². The van der Waals surface area contributed by atoms with Gasteiger partial charge in [-0.25, -0.2) is 12.7 Å². The molecule has 1 saturated heterocycles. The van der Waals surface area contributed by atoms with E-state index in [9.17, 15) is 8.42 Å². The first-order valence-electron chi connectivity index (χ1n) is 10.3. The molecular formula is C21H36N4O3S. The zero-order valence-corrected chi connectivity index (χ0v) is 19.1. The molecule has 2 rings (SSSR count). The molecule has 1 heterocycles. The molecule has 0 spiro atoms. The largest absolute Gasteiger partial charge is 0.493 e. The molecule has 1 aromatic rings. The van der Waals surface area contributed by atoms with Crippen molar-refractivity contribution in [3.05, 3.63) is 29.8 Å². The highest BCUT2D eigenvalue weighted by atomic mass is 32.2. The van der Waals surface area contributed by atoms with Crippen LogP contribution in [0, 0.1) is 11.8 Å². The maximum Gasteiger partial charge on any atom is 0.211 e. The van der Waals surface area contributed by atoms with E-state index in [1.54, 1.807) is 11.4 Å². The normalized spacial score (nSPS) is 17.9. The Labute approximate surface area is 176 Å². The lowest BCUT2D eigenvalue weighted by molar-refractivity contribution is 0.271. The molecule has 0 radical (unpaired) electrons. The average Bonchev–Trinajstić information content (AvgIpc) is 2.69. The maximum atomic E-state index is 11.6. The summed E-state index contributed by atoms with van der Waals surface area (Å²) in [7, 11) is -1.31. The Hall–Kier alpha value is -1.80. The molecule has 1 fully saturated rings. The number of hydrogen-bond acceptors (Lipinski definition) is 4. The summed E-state index contributed by atoms with van der Waals surface area (Å²) in [6.45, 7) is 9.06. The van der Waals surface area contributed by atoms with Crippen LogP contribution in [0.2, 0.25) is 0 Å². The molecule has 1 aliphatic rings. The summed E-state index contributed by atoms with van der Waals surface area (Å²) < 4.78 is 30.5. The van der Waals surface area contributed by atoms with Gasteiger partial charge in [0, 0.05) is 26.7 Å². The molecule has 29 heavy (non-hydrogen) atoms. The predicted molar refractivity (Wildman–Crippen MR) is 119 cm³/mol. The van der Waals surface area contributed by atoms with Gasteiger partial charge >= 0.3 is 0 Å². The molecule has 164 valence electrons. The smallest absolute Gasteiger partial charge is 0.211 e. The molecule has 0 bridgehead atoms. The number of hydrogen-bond donors (Lipinski definition) is 2. The third kappa shape index (κ3) is 7.85. The summed E-state index contributed by atoms with van der Waals surface area (Å²) in [6, 6.07) is 8.25. The van der Waals surface area contributed by atoms with E-state index in [0.29, 0.717) is 31.5 Å². The molecule has 1 aromatic carbocycles. The number of piperidine rings is 1. The molecule has 8 heteroatoms. The summed E-state index contributed by atoms with van der Waals surface area (Å²) in [6.07, 6.45) is 3.01. The molecule has 0 aliphatic carbocycles. The maximum absolute atomic E-state index is 11.6. The van der Waals surface area contributed by atoms with E-state index in [2.05, 4.69) is 48.5 Å². The average molecular weight is 425 g/mol. The van der Waals surface area contributed by atoms with Gasteiger partial charge in [0.15, 0.2) is 5.96 Å². The van der Waals surface area contributed by atoms with Gasteiger partial charge in [-0.2, -0.15) is 0 Å². The van der Waals surface area contributed by atoms with Crippen LogP contribution in [0.5, 0.6) is 5.75 Å². The number of rotatable bonds is 8. The predicted octanol–water partition coefficient (Wildman–Crippen LogP) is 2.62. The summed E-state index contributed by atoms with van der Waals surface area (Å²) >= 11 is 0.